The van der Waals surface area contributed by atoms with E-state index in [1.807, 2.05) is 20.0 Å². The number of nitrogens with zero attached hydrogens (tertiary/aromatic N) is 1. The van der Waals surface area contributed by atoms with E-state index in [2.05, 4.69) is 11.9 Å². The topological polar surface area (TPSA) is 50.2 Å². The number of hydrogen-bond acceptors (Lipinski definition) is 3. The highest BCUT2D eigenvalue weighted by atomic mass is 32.1. The van der Waals surface area contributed by atoms with Gasteiger partial charge in [-0.1, -0.05) is 25.1 Å². The molecule has 1 aliphatic rings. The van der Waals surface area contributed by atoms with Gasteiger partial charge in [0.25, 0.3) is 5.56 Å². The van der Waals surface area contributed by atoms with Gasteiger partial charge < -0.3 is 9.88 Å². The molecular formula is C21H25FN3OS+. The van der Waals surface area contributed by atoms with Crippen LogP contribution < -0.4 is 10.5 Å². The molecular weight excluding hydrogens is 361 g/mol. The van der Waals surface area contributed by atoms with E-state index in [-0.39, 0.29) is 17.4 Å². The van der Waals surface area contributed by atoms with E-state index in [0.29, 0.717) is 23.9 Å². The molecule has 1 aromatic carbocycles. The summed E-state index contributed by atoms with van der Waals surface area (Å²) in [6.45, 7) is 4.82. The van der Waals surface area contributed by atoms with Crippen molar-refractivity contribution in [1.82, 2.24) is 9.97 Å². The molecule has 27 heavy (non-hydrogen) atoms. The smallest absolute Gasteiger partial charge is 0.260 e. The summed E-state index contributed by atoms with van der Waals surface area (Å²) in [6, 6.07) is 6.79. The molecule has 3 atom stereocenters. The molecule has 142 valence electrons. The molecule has 0 spiro atoms. The number of thiophene rings is 1. The number of H-pyrrole nitrogens is 1. The van der Waals surface area contributed by atoms with Gasteiger partial charge in [-0.2, -0.15) is 0 Å². The summed E-state index contributed by atoms with van der Waals surface area (Å²) in [5, 5.41) is 0.782. The second kappa shape index (κ2) is 7.17. The molecule has 0 bridgehead atoms. The predicted molar refractivity (Wildman–Crippen MR) is 107 cm³/mol. The van der Waals surface area contributed by atoms with Crippen molar-refractivity contribution in [2.75, 3.05) is 7.05 Å². The third-order valence-electron chi connectivity index (χ3n) is 5.76. The lowest BCUT2D eigenvalue weighted by Crippen LogP contribution is -3.07. The minimum atomic E-state index is -0.194. The van der Waals surface area contributed by atoms with E-state index in [1.165, 1.54) is 16.5 Å². The van der Waals surface area contributed by atoms with Gasteiger partial charge in [0.1, 0.15) is 23.2 Å². The van der Waals surface area contributed by atoms with Crippen molar-refractivity contribution in [2.24, 2.45) is 5.92 Å². The van der Waals surface area contributed by atoms with E-state index >= 15 is 0 Å². The van der Waals surface area contributed by atoms with E-state index in [0.717, 1.165) is 34.4 Å². The lowest BCUT2D eigenvalue weighted by Gasteiger charge is -2.21. The Labute approximate surface area is 162 Å². The highest BCUT2D eigenvalue weighted by Crippen LogP contribution is 2.35. The van der Waals surface area contributed by atoms with Gasteiger partial charge in [0.15, 0.2) is 5.82 Å². The number of nitrogens with one attached hydrogen (secondary N) is 2. The SMILES string of the molecule is C[C@@H]1CCc2c(sc3nc([C@@H](C)[NH+](C)Cc4ccccc4F)[nH]c(=O)c23)C1. The molecule has 1 unspecified atom stereocenters. The molecule has 2 aromatic heterocycles. The predicted octanol–water partition coefficient (Wildman–Crippen LogP) is 3.02. The largest absolute Gasteiger partial charge is 0.325 e. The van der Waals surface area contributed by atoms with Crippen molar-refractivity contribution in [3.63, 3.8) is 0 Å². The fourth-order valence-corrected chi connectivity index (χ4v) is 5.29. The minimum absolute atomic E-state index is 0.0346. The number of rotatable bonds is 4. The third-order valence-corrected chi connectivity index (χ3v) is 6.91. The van der Waals surface area contributed by atoms with Crippen LogP contribution in [0.4, 0.5) is 4.39 Å². The molecule has 2 N–H and O–H groups in total. The van der Waals surface area contributed by atoms with Crippen LogP contribution in [0.1, 0.15) is 48.1 Å². The van der Waals surface area contributed by atoms with Gasteiger partial charge >= 0.3 is 0 Å². The Hall–Kier alpha value is -2.05. The van der Waals surface area contributed by atoms with Gasteiger partial charge in [-0.25, -0.2) is 9.37 Å². The van der Waals surface area contributed by atoms with Crippen LogP contribution in [0.3, 0.4) is 0 Å². The maximum absolute atomic E-state index is 14.0. The van der Waals surface area contributed by atoms with Crippen molar-refractivity contribution in [3.8, 4) is 0 Å². The molecule has 0 radical (unpaired) electrons. The van der Waals surface area contributed by atoms with Crippen LogP contribution in [0.5, 0.6) is 0 Å². The minimum Gasteiger partial charge on any atom is -0.325 e. The zero-order valence-corrected chi connectivity index (χ0v) is 16.8. The van der Waals surface area contributed by atoms with Crippen molar-refractivity contribution < 1.29 is 9.29 Å². The number of benzene rings is 1. The Morgan fingerprint density at radius 3 is 2.96 bits per heavy atom. The van der Waals surface area contributed by atoms with Gasteiger partial charge in [-0.3, -0.25) is 4.79 Å². The van der Waals surface area contributed by atoms with E-state index in [4.69, 9.17) is 4.98 Å². The van der Waals surface area contributed by atoms with Gasteiger partial charge in [0, 0.05) is 10.4 Å². The summed E-state index contributed by atoms with van der Waals surface area (Å²) in [5.41, 5.74) is 1.84. The molecule has 0 saturated carbocycles. The second-order valence-corrected chi connectivity index (χ2v) is 8.90. The van der Waals surface area contributed by atoms with Gasteiger partial charge in [-0.05, 0) is 43.7 Å². The Balaban J connectivity index is 1.65. The monoisotopic (exact) mass is 386 g/mol. The first-order valence-electron chi connectivity index (χ1n) is 9.54. The van der Waals surface area contributed by atoms with Crippen LogP contribution in [0.15, 0.2) is 29.1 Å². The molecule has 2 heterocycles. The number of aryl methyl sites for hydroxylation is 1. The maximum Gasteiger partial charge on any atom is 0.260 e. The van der Waals surface area contributed by atoms with Crippen molar-refractivity contribution >= 4 is 21.6 Å². The Bertz CT molecular complexity index is 1040. The fraction of sp³-hybridized carbons (Fsp3) is 0.429. The first-order chi connectivity index (χ1) is 12.9. The quantitative estimate of drug-likeness (QED) is 0.724. The average Bonchev–Trinajstić information content (AvgIpc) is 3.00. The van der Waals surface area contributed by atoms with Crippen LogP contribution >= 0.6 is 11.3 Å². The van der Waals surface area contributed by atoms with Crippen molar-refractivity contribution in [1.29, 1.82) is 0 Å². The van der Waals surface area contributed by atoms with Crippen LogP contribution in [0.25, 0.3) is 10.2 Å². The van der Waals surface area contributed by atoms with Crippen molar-refractivity contribution in [2.45, 2.75) is 45.7 Å². The highest BCUT2D eigenvalue weighted by molar-refractivity contribution is 7.18. The summed E-state index contributed by atoms with van der Waals surface area (Å²) in [6.07, 6.45) is 3.14. The Kier molecular flexibility index (Phi) is 4.86. The lowest BCUT2D eigenvalue weighted by atomic mass is 9.89. The molecule has 0 saturated heterocycles. The zero-order chi connectivity index (χ0) is 19.1. The number of aromatic amines is 1. The van der Waals surface area contributed by atoms with Crippen LogP contribution in [0, 0.1) is 11.7 Å². The number of halogens is 1. The van der Waals surface area contributed by atoms with Gasteiger partial charge in [0.2, 0.25) is 0 Å². The number of hydrogen-bond donors (Lipinski definition) is 2. The zero-order valence-electron chi connectivity index (χ0n) is 15.9. The van der Waals surface area contributed by atoms with Crippen molar-refractivity contribution in [3.05, 3.63) is 62.3 Å². The average molecular weight is 387 g/mol. The maximum atomic E-state index is 14.0. The van der Waals surface area contributed by atoms with Crippen LogP contribution in [-0.2, 0) is 19.4 Å². The fourth-order valence-electron chi connectivity index (χ4n) is 3.90. The van der Waals surface area contributed by atoms with E-state index < -0.39 is 0 Å². The number of quaternary nitrogens is 1. The van der Waals surface area contributed by atoms with Gasteiger partial charge in [-0.15, -0.1) is 11.3 Å². The molecule has 4 nitrogen and oxygen atoms in total. The summed E-state index contributed by atoms with van der Waals surface area (Å²) in [7, 11) is 2.00. The molecule has 0 fully saturated rings. The normalized spacial score (nSPS) is 19.0. The Morgan fingerprint density at radius 2 is 2.19 bits per heavy atom. The van der Waals surface area contributed by atoms with Gasteiger partial charge in [0.05, 0.1) is 12.4 Å². The van der Waals surface area contributed by atoms with E-state index in [9.17, 15) is 9.18 Å². The van der Waals surface area contributed by atoms with E-state index in [1.54, 1.807) is 23.5 Å². The lowest BCUT2D eigenvalue weighted by molar-refractivity contribution is -0.924. The molecule has 0 amide bonds. The van der Waals surface area contributed by atoms with Crippen LogP contribution in [0.2, 0.25) is 0 Å². The molecule has 1 aliphatic carbocycles. The number of fused-ring (bicyclic) bond motifs is 3. The standard InChI is InChI=1S/C21H24FN3OS/c1-12-8-9-15-17(10-12)27-21-18(15)20(26)23-19(24-21)13(2)25(3)11-14-6-4-5-7-16(14)22/h4-7,12-13H,8-11H2,1-3H3,(H,23,24,26)/p+1/t12-,13-/m1/s1. The number of aromatic nitrogens is 2. The second-order valence-electron chi connectivity index (χ2n) is 7.82. The van der Waals surface area contributed by atoms with Crippen LogP contribution in [-0.4, -0.2) is 17.0 Å². The summed E-state index contributed by atoms with van der Waals surface area (Å²) >= 11 is 1.67. The molecule has 6 heteroatoms. The molecule has 4 rings (SSSR count). The summed E-state index contributed by atoms with van der Waals surface area (Å²) in [5.74, 6) is 1.15. The highest BCUT2D eigenvalue weighted by Gasteiger charge is 2.25. The molecule has 3 aromatic rings. The summed E-state index contributed by atoms with van der Waals surface area (Å²) in [4.78, 5) is 23.8. The first-order valence-corrected chi connectivity index (χ1v) is 10.4. The molecule has 0 aliphatic heterocycles. The Morgan fingerprint density at radius 1 is 1.41 bits per heavy atom. The summed E-state index contributed by atoms with van der Waals surface area (Å²) < 4.78 is 14.0. The first kappa shape index (κ1) is 18.3. The third kappa shape index (κ3) is 3.44.